The molecule has 136 valence electrons. The first-order valence-electron chi connectivity index (χ1n) is 8.08. The van der Waals surface area contributed by atoms with Crippen LogP contribution in [0.25, 0.3) is 0 Å². The molecule has 0 saturated heterocycles. The third-order valence-corrected chi connectivity index (χ3v) is 3.84. The summed E-state index contributed by atoms with van der Waals surface area (Å²) in [7, 11) is 0. The Balaban J connectivity index is 2.58. The van der Waals surface area contributed by atoms with Crippen LogP contribution in [0.15, 0.2) is 42.0 Å². The number of aromatic hydroxyl groups is 2. The lowest BCUT2D eigenvalue weighted by Crippen LogP contribution is -2.16. The molecule has 26 heavy (non-hydrogen) atoms. The average Bonchev–Trinajstić information content (AvgIpc) is 2.57. The molecular weight excluding hydrogens is 336 g/mol. The Morgan fingerprint density at radius 1 is 1.15 bits per heavy atom. The molecule has 0 saturated carbocycles. The van der Waals surface area contributed by atoms with Gasteiger partial charge in [-0.3, -0.25) is 9.59 Å². The van der Waals surface area contributed by atoms with Crippen molar-refractivity contribution in [3.63, 3.8) is 0 Å². The Kier molecular flexibility index (Phi) is 5.77. The largest absolute Gasteiger partial charge is 0.507 e. The van der Waals surface area contributed by atoms with Gasteiger partial charge in [-0.2, -0.15) is 0 Å². The van der Waals surface area contributed by atoms with E-state index >= 15 is 0 Å². The number of fused-ring (bicyclic) bond motifs is 1. The zero-order valence-corrected chi connectivity index (χ0v) is 14.8. The molecule has 1 aromatic rings. The van der Waals surface area contributed by atoms with Gasteiger partial charge in [0.05, 0.1) is 11.1 Å². The Labute approximate surface area is 151 Å². The van der Waals surface area contributed by atoms with Crippen molar-refractivity contribution in [3.8, 4) is 11.5 Å². The van der Waals surface area contributed by atoms with Gasteiger partial charge in [-0.1, -0.05) is 17.7 Å². The molecule has 0 amide bonds. The summed E-state index contributed by atoms with van der Waals surface area (Å²) in [4.78, 5) is 35.9. The zero-order valence-electron chi connectivity index (χ0n) is 14.8. The number of hydrogen-bond acceptors (Lipinski definition) is 6. The molecule has 0 aromatic heterocycles. The van der Waals surface area contributed by atoms with Crippen molar-refractivity contribution in [2.75, 3.05) is 0 Å². The maximum absolute atomic E-state index is 12.1. The van der Waals surface area contributed by atoms with Crippen LogP contribution in [-0.4, -0.2) is 27.7 Å². The lowest BCUT2D eigenvalue weighted by molar-refractivity contribution is -0.143. The molecule has 0 bridgehead atoms. The van der Waals surface area contributed by atoms with Crippen LogP contribution < -0.4 is 0 Å². The highest BCUT2D eigenvalue weighted by Gasteiger charge is 2.31. The van der Waals surface area contributed by atoms with Gasteiger partial charge in [-0.25, -0.2) is 4.79 Å². The number of ketones is 2. The Hall–Kier alpha value is -3.15. The summed E-state index contributed by atoms with van der Waals surface area (Å²) in [6.45, 7) is 5.38. The quantitative estimate of drug-likeness (QED) is 0.362. The van der Waals surface area contributed by atoms with Crippen LogP contribution in [0.2, 0.25) is 0 Å². The van der Waals surface area contributed by atoms with Crippen LogP contribution in [0.1, 0.15) is 59.6 Å². The minimum atomic E-state index is -0.932. The molecule has 1 aromatic carbocycles. The van der Waals surface area contributed by atoms with E-state index in [0.717, 1.165) is 23.8 Å². The van der Waals surface area contributed by atoms with Gasteiger partial charge in [0.2, 0.25) is 0 Å². The number of esters is 1. The van der Waals surface area contributed by atoms with Gasteiger partial charge in [0.25, 0.3) is 0 Å². The minimum Gasteiger partial charge on any atom is -0.507 e. The van der Waals surface area contributed by atoms with Crippen molar-refractivity contribution in [1.82, 2.24) is 0 Å². The number of phenolic OH excluding ortho intramolecular Hbond substituents is 2. The van der Waals surface area contributed by atoms with Crippen LogP contribution >= 0.6 is 0 Å². The first-order chi connectivity index (χ1) is 12.3. The van der Waals surface area contributed by atoms with E-state index in [1.165, 1.54) is 12.2 Å². The minimum absolute atomic E-state index is 0.0630. The normalized spacial score (nSPS) is 14.3. The summed E-state index contributed by atoms with van der Waals surface area (Å²) >= 11 is 0. The number of allylic oxidation sites excluding steroid dienone is 4. The van der Waals surface area contributed by atoms with Crippen molar-refractivity contribution < 1.29 is 29.3 Å². The molecule has 1 atom stereocenters. The molecule has 0 radical (unpaired) electrons. The van der Waals surface area contributed by atoms with Crippen LogP contribution in [0.5, 0.6) is 11.5 Å². The molecule has 0 aliphatic heterocycles. The molecule has 0 fully saturated rings. The van der Waals surface area contributed by atoms with Crippen molar-refractivity contribution in [1.29, 1.82) is 0 Å². The molecule has 1 aliphatic carbocycles. The predicted molar refractivity (Wildman–Crippen MR) is 95.3 cm³/mol. The summed E-state index contributed by atoms with van der Waals surface area (Å²) in [5, 5.41) is 20.8. The summed E-state index contributed by atoms with van der Waals surface area (Å²) in [6.07, 6.45) is 5.91. The number of benzene rings is 1. The predicted octanol–water partition coefficient (Wildman–Crippen LogP) is 3.55. The summed E-state index contributed by atoms with van der Waals surface area (Å²) in [5.74, 6) is -2.72. The molecule has 2 N–H and O–H groups in total. The number of carbonyl (C=O) groups excluding carboxylic acids is 3. The summed E-state index contributed by atoms with van der Waals surface area (Å²) in [6, 6.07) is 1.16. The topological polar surface area (TPSA) is 101 Å². The average molecular weight is 356 g/mol. The van der Waals surface area contributed by atoms with E-state index in [0.29, 0.717) is 0 Å². The first kappa shape index (κ1) is 19.2. The number of ether oxygens (including phenoxy) is 1. The fraction of sp³-hybridized carbons (Fsp3) is 0.250. The van der Waals surface area contributed by atoms with Crippen LogP contribution in [0.4, 0.5) is 0 Å². The fourth-order valence-corrected chi connectivity index (χ4v) is 2.63. The molecule has 0 spiro atoms. The van der Waals surface area contributed by atoms with Gasteiger partial charge >= 0.3 is 5.97 Å². The van der Waals surface area contributed by atoms with E-state index < -0.39 is 35.1 Å². The Morgan fingerprint density at radius 2 is 1.77 bits per heavy atom. The lowest BCUT2D eigenvalue weighted by Gasteiger charge is -2.21. The van der Waals surface area contributed by atoms with E-state index in [1.54, 1.807) is 13.0 Å². The van der Waals surface area contributed by atoms with E-state index in [9.17, 15) is 24.6 Å². The summed E-state index contributed by atoms with van der Waals surface area (Å²) in [5.41, 5.74) is 0.497. The first-order valence-corrected chi connectivity index (χ1v) is 8.08. The van der Waals surface area contributed by atoms with E-state index in [2.05, 4.69) is 0 Å². The SMILES string of the molecule is C/C=C/C(=O)OC(CC=C(C)C)c1cc(O)c2c(c1O)C(=O)C=CC2=O. The van der Waals surface area contributed by atoms with Crippen molar-refractivity contribution >= 4 is 17.5 Å². The molecule has 6 nitrogen and oxygen atoms in total. The summed E-state index contributed by atoms with van der Waals surface area (Å²) < 4.78 is 5.36. The molecule has 6 heteroatoms. The van der Waals surface area contributed by atoms with Crippen LogP contribution in [-0.2, 0) is 9.53 Å². The zero-order chi connectivity index (χ0) is 19.4. The van der Waals surface area contributed by atoms with E-state index in [-0.39, 0.29) is 23.1 Å². The van der Waals surface area contributed by atoms with Crippen molar-refractivity contribution in [2.45, 2.75) is 33.3 Å². The number of hydrogen-bond donors (Lipinski definition) is 2. The number of phenols is 2. The van der Waals surface area contributed by atoms with E-state index in [4.69, 9.17) is 4.74 Å². The van der Waals surface area contributed by atoms with Crippen LogP contribution in [0.3, 0.4) is 0 Å². The van der Waals surface area contributed by atoms with Gasteiger partial charge in [0, 0.05) is 18.1 Å². The molecule has 2 rings (SSSR count). The van der Waals surface area contributed by atoms with Gasteiger partial charge < -0.3 is 14.9 Å². The maximum atomic E-state index is 12.1. The highest BCUT2D eigenvalue weighted by Crippen LogP contribution is 2.41. The molecule has 1 unspecified atom stereocenters. The van der Waals surface area contributed by atoms with Gasteiger partial charge in [-0.15, -0.1) is 0 Å². The second-order valence-electron chi connectivity index (χ2n) is 6.09. The fourth-order valence-electron chi connectivity index (χ4n) is 2.63. The van der Waals surface area contributed by atoms with Gasteiger partial charge in [0.15, 0.2) is 11.6 Å². The van der Waals surface area contributed by atoms with E-state index in [1.807, 2.05) is 13.8 Å². The lowest BCUT2D eigenvalue weighted by atomic mass is 9.89. The molecular formula is C20H20O6. The van der Waals surface area contributed by atoms with Crippen molar-refractivity contribution in [3.05, 3.63) is 58.7 Å². The number of rotatable bonds is 5. The standard InChI is InChI=1S/C20H20O6/c1-4-5-17(24)26-16(9-6-11(2)3)12-10-15(23)18-13(21)7-8-14(22)19(18)20(12)25/h4-8,10,16,23,25H,9H2,1-3H3/b5-4+. The monoisotopic (exact) mass is 356 g/mol. The highest BCUT2D eigenvalue weighted by molar-refractivity contribution is 6.24. The number of carbonyl (C=O) groups is 3. The molecule has 0 heterocycles. The smallest absolute Gasteiger partial charge is 0.331 e. The third kappa shape index (κ3) is 3.91. The van der Waals surface area contributed by atoms with Crippen LogP contribution in [0, 0.1) is 0 Å². The van der Waals surface area contributed by atoms with Gasteiger partial charge in [-0.05, 0) is 39.0 Å². The molecule has 1 aliphatic rings. The third-order valence-electron chi connectivity index (χ3n) is 3.84. The second-order valence-corrected chi connectivity index (χ2v) is 6.09. The van der Waals surface area contributed by atoms with Gasteiger partial charge in [0.1, 0.15) is 17.6 Å². The highest BCUT2D eigenvalue weighted by atomic mass is 16.5. The van der Waals surface area contributed by atoms with Crippen molar-refractivity contribution in [2.24, 2.45) is 0 Å². The maximum Gasteiger partial charge on any atom is 0.331 e. The Morgan fingerprint density at radius 3 is 2.35 bits per heavy atom. The Bertz CT molecular complexity index is 854. The second kappa shape index (κ2) is 7.82.